The minimum atomic E-state index is 0.172. The fourth-order valence-corrected chi connectivity index (χ4v) is 3.69. The summed E-state index contributed by atoms with van der Waals surface area (Å²) >= 11 is 0. The SMILES string of the molecule is COc1ccccc1C(CNCc1cc(-c2ccccc2)cn2nnnc12)N(C)C. The molecule has 1 N–H and O–H groups in total. The molecule has 30 heavy (non-hydrogen) atoms. The second kappa shape index (κ2) is 9.02. The zero-order chi connectivity index (χ0) is 20.9. The Kier molecular flexibility index (Phi) is 6.02. The van der Waals surface area contributed by atoms with E-state index in [9.17, 15) is 0 Å². The molecule has 1 unspecified atom stereocenters. The van der Waals surface area contributed by atoms with E-state index in [1.54, 1.807) is 11.6 Å². The van der Waals surface area contributed by atoms with Crippen LogP contribution in [0.3, 0.4) is 0 Å². The molecule has 4 aromatic rings. The normalized spacial score (nSPS) is 12.4. The lowest BCUT2D eigenvalue weighted by molar-refractivity contribution is 0.279. The molecular formula is C23H26N6O. The van der Waals surface area contributed by atoms with E-state index in [4.69, 9.17) is 4.74 Å². The summed E-state index contributed by atoms with van der Waals surface area (Å²) < 4.78 is 7.31. The molecule has 2 heterocycles. The van der Waals surface area contributed by atoms with Crippen LogP contribution in [0.4, 0.5) is 0 Å². The summed E-state index contributed by atoms with van der Waals surface area (Å²) in [6.07, 6.45) is 1.96. The summed E-state index contributed by atoms with van der Waals surface area (Å²) in [5.41, 5.74) is 5.20. The largest absolute Gasteiger partial charge is 0.496 e. The van der Waals surface area contributed by atoms with Gasteiger partial charge in [0.05, 0.1) is 13.2 Å². The van der Waals surface area contributed by atoms with Gasteiger partial charge in [-0.05, 0) is 42.2 Å². The number of fused-ring (bicyclic) bond motifs is 1. The predicted molar refractivity (Wildman–Crippen MR) is 117 cm³/mol. The Bertz CT molecular complexity index is 1110. The quantitative estimate of drug-likeness (QED) is 0.488. The number of nitrogens with zero attached hydrogens (tertiary/aromatic N) is 5. The van der Waals surface area contributed by atoms with Crippen molar-refractivity contribution in [3.8, 4) is 16.9 Å². The van der Waals surface area contributed by atoms with Gasteiger partial charge in [-0.3, -0.25) is 0 Å². The zero-order valence-corrected chi connectivity index (χ0v) is 17.5. The summed E-state index contributed by atoms with van der Waals surface area (Å²) in [5, 5.41) is 15.7. The van der Waals surface area contributed by atoms with E-state index in [1.165, 1.54) is 0 Å². The van der Waals surface area contributed by atoms with Crippen molar-refractivity contribution in [2.75, 3.05) is 27.7 Å². The molecule has 2 aromatic carbocycles. The average molecular weight is 403 g/mol. The van der Waals surface area contributed by atoms with Crippen LogP contribution in [-0.4, -0.2) is 52.7 Å². The van der Waals surface area contributed by atoms with Crippen molar-refractivity contribution in [3.05, 3.63) is 78.0 Å². The smallest absolute Gasteiger partial charge is 0.183 e. The van der Waals surface area contributed by atoms with Gasteiger partial charge in [0.25, 0.3) is 0 Å². The average Bonchev–Trinajstić information content (AvgIpc) is 3.26. The monoisotopic (exact) mass is 402 g/mol. The van der Waals surface area contributed by atoms with Crippen molar-refractivity contribution < 1.29 is 4.74 Å². The fourth-order valence-electron chi connectivity index (χ4n) is 3.69. The van der Waals surface area contributed by atoms with Crippen LogP contribution >= 0.6 is 0 Å². The number of benzene rings is 2. The van der Waals surface area contributed by atoms with E-state index in [0.717, 1.165) is 40.2 Å². The molecule has 0 saturated carbocycles. The highest BCUT2D eigenvalue weighted by molar-refractivity contribution is 5.66. The van der Waals surface area contributed by atoms with Gasteiger partial charge in [-0.2, -0.15) is 4.52 Å². The second-order valence-corrected chi connectivity index (χ2v) is 7.42. The van der Waals surface area contributed by atoms with Crippen LogP contribution < -0.4 is 10.1 Å². The Hall–Kier alpha value is -3.29. The van der Waals surface area contributed by atoms with Gasteiger partial charge in [0.15, 0.2) is 5.65 Å². The molecule has 0 bridgehead atoms. The topological polar surface area (TPSA) is 67.6 Å². The summed E-state index contributed by atoms with van der Waals surface area (Å²) in [7, 11) is 5.87. The molecule has 7 heteroatoms. The number of pyridine rings is 1. The Balaban J connectivity index is 1.56. The molecule has 0 spiro atoms. The lowest BCUT2D eigenvalue weighted by Crippen LogP contribution is -2.31. The van der Waals surface area contributed by atoms with Crippen molar-refractivity contribution in [3.63, 3.8) is 0 Å². The van der Waals surface area contributed by atoms with E-state index in [0.29, 0.717) is 6.54 Å². The molecule has 0 radical (unpaired) electrons. The maximum atomic E-state index is 5.57. The van der Waals surface area contributed by atoms with Gasteiger partial charge < -0.3 is 15.0 Å². The summed E-state index contributed by atoms with van der Waals surface area (Å²) in [5.74, 6) is 0.896. The predicted octanol–water partition coefficient (Wildman–Crippen LogP) is 3.19. The fraction of sp³-hybridized carbons (Fsp3) is 0.261. The lowest BCUT2D eigenvalue weighted by atomic mass is 10.0. The first-order chi connectivity index (χ1) is 14.7. The Morgan fingerprint density at radius 3 is 2.57 bits per heavy atom. The molecule has 0 amide bonds. The van der Waals surface area contributed by atoms with Crippen LogP contribution in [0.5, 0.6) is 5.75 Å². The van der Waals surface area contributed by atoms with Crippen LogP contribution in [-0.2, 0) is 6.54 Å². The zero-order valence-electron chi connectivity index (χ0n) is 17.5. The third kappa shape index (κ3) is 4.17. The van der Waals surface area contributed by atoms with Crippen molar-refractivity contribution in [2.45, 2.75) is 12.6 Å². The summed E-state index contributed by atoms with van der Waals surface area (Å²) in [6.45, 7) is 1.42. The highest BCUT2D eigenvalue weighted by Gasteiger charge is 2.18. The number of tetrazole rings is 1. The van der Waals surface area contributed by atoms with Gasteiger partial charge >= 0.3 is 0 Å². The Labute approximate surface area is 176 Å². The van der Waals surface area contributed by atoms with E-state index in [-0.39, 0.29) is 6.04 Å². The van der Waals surface area contributed by atoms with Gasteiger partial charge in [0, 0.05) is 36.0 Å². The van der Waals surface area contributed by atoms with Crippen LogP contribution in [0, 0.1) is 0 Å². The van der Waals surface area contributed by atoms with Crippen molar-refractivity contribution in [1.82, 2.24) is 30.3 Å². The summed E-state index contributed by atoms with van der Waals surface area (Å²) in [4.78, 5) is 2.19. The Morgan fingerprint density at radius 1 is 1.03 bits per heavy atom. The lowest BCUT2D eigenvalue weighted by Gasteiger charge is -2.26. The first-order valence-electron chi connectivity index (χ1n) is 9.93. The summed E-state index contributed by atoms with van der Waals surface area (Å²) in [6, 6.07) is 20.7. The molecule has 154 valence electrons. The molecule has 0 aliphatic carbocycles. The number of likely N-dealkylation sites (N-methyl/N-ethyl adjacent to an activating group) is 1. The number of aromatic nitrogens is 4. The van der Waals surface area contributed by atoms with Gasteiger partial charge in [-0.1, -0.05) is 48.5 Å². The van der Waals surface area contributed by atoms with Gasteiger partial charge in [0.2, 0.25) is 0 Å². The highest BCUT2D eigenvalue weighted by atomic mass is 16.5. The standard InChI is InChI=1S/C23H26N6O/c1-28(2)21(20-11-7-8-12-22(20)30-3)15-24-14-18-13-19(17-9-5-4-6-10-17)16-29-23(18)25-26-27-29/h4-13,16,21,24H,14-15H2,1-3H3. The number of ether oxygens (including phenoxy) is 1. The number of rotatable bonds is 8. The third-order valence-electron chi connectivity index (χ3n) is 5.25. The minimum Gasteiger partial charge on any atom is -0.496 e. The molecule has 0 aliphatic heterocycles. The van der Waals surface area contributed by atoms with Gasteiger partial charge in [-0.15, -0.1) is 5.10 Å². The van der Waals surface area contributed by atoms with Crippen molar-refractivity contribution >= 4 is 5.65 Å². The molecular weight excluding hydrogens is 376 g/mol. The molecule has 2 aromatic heterocycles. The minimum absolute atomic E-state index is 0.172. The Morgan fingerprint density at radius 2 is 1.80 bits per heavy atom. The molecule has 1 atom stereocenters. The second-order valence-electron chi connectivity index (χ2n) is 7.42. The molecule has 0 fully saturated rings. The number of methoxy groups -OCH3 is 1. The molecule has 7 nitrogen and oxygen atoms in total. The highest BCUT2D eigenvalue weighted by Crippen LogP contribution is 2.27. The first kappa shape index (κ1) is 20.0. The van der Waals surface area contributed by atoms with E-state index in [2.05, 4.69) is 64.1 Å². The van der Waals surface area contributed by atoms with Crippen LogP contribution in [0.15, 0.2) is 66.9 Å². The van der Waals surface area contributed by atoms with E-state index in [1.807, 2.05) is 42.6 Å². The van der Waals surface area contributed by atoms with Crippen LogP contribution in [0.2, 0.25) is 0 Å². The molecule has 0 aliphatic rings. The maximum Gasteiger partial charge on any atom is 0.183 e. The van der Waals surface area contributed by atoms with E-state index < -0.39 is 0 Å². The van der Waals surface area contributed by atoms with Crippen molar-refractivity contribution in [2.24, 2.45) is 0 Å². The number of hydrogen-bond acceptors (Lipinski definition) is 6. The van der Waals surface area contributed by atoms with E-state index >= 15 is 0 Å². The number of nitrogens with one attached hydrogen (secondary N) is 1. The third-order valence-corrected chi connectivity index (χ3v) is 5.25. The van der Waals surface area contributed by atoms with Crippen molar-refractivity contribution in [1.29, 1.82) is 0 Å². The van der Waals surface area contributed by atoms with Gasteiger partial charge in [0.1, 0.15) is 5.75 Å². The number of para-hydroxylation sites is 1. The van der Waals surface area contributed by atoms with Gasteiger partial charge in [-0.25, -0.2) is 0 Å². The maximum absolute atomic E-state index is 5.57. The number of hydrogen-bond donors (Lipinski definition) is 1. The molecule has 4 rings (SSSR count). The molecule has 0 saturated heterocycles. The first-order valence-corrected chi connectivity index (χ1v) is 9.93. The van der Waals surface area contributed by atoms with Crippen LogP contribution in [0.25, 0.3) is 16.8 Å². The van der Waals surface area contributed by atoms with Crippen LogP contribution in [0.1, 0.15) is 17.2 Å².